The average Bonchev–Trinajstić information content (AvgIpc) is 2.72. The number of halogens is 1. The van der Waals surface area contributed by atoms with Crippen LogP contribution in [0.15, 0.2) is 18.2 Å². The lowest BCUT2D eigenvalue weighted by atomic mass is 10.2. The second-order valence-electron chi connectivity index (χ2n) is 4.88. The van der Waals surface area contributed by atoms with Crippen LogP contribution in [0, 0.1) is 0 Å². The highest BCUT2D eigenvalue weighted by Crippen LogP contribution is 2.27. The molecule has 4 heteroatoms. The van der Waals surface area contributed by atoms with Crippen molar-refractivity contribution in [3.8, 4) is 5.75 Å². The minimum atomic E-state index is 0.132. The Hall–Kier alpha value is -0.930. The van der Waals surface area contributed by atoms with Gasteiger partial charge in [0.2, 0.25) is 0 Å². The topological polar surface area (TPSA) is 35.5 Å². The lowest BCUT2D eigenvalue weighted by Crippen LogP contribution is -2.31. The highest BCUT2D eigenvalue weighted by atomic mass is 35.5. The average molecular weight is 255 g/mol. The van der Waals surface area contributed by atoms with Gasteiger partial charge in [-0.05, 0) is 38.5 Å². The molecule has 1 aliphatic rings. The Labute approximate surface area is 107 Å². The van der Waals surface area contributed by atoms with Gasteiger partial charge in [-0.25, -0.2) is 0 Å². The maximum absolute atomic E-state index is 9.35. The van der Waals surface area contributed by atoms with E-state index in [2.05, 4.69) is 24.1 Å². The van der Waals surface area contributed by atoms with Crippen LogP contribution < -0.4 is 5.32 Å². The van der Waals surface area contributed by atoms with Crippen LogP contribution >= 0.6 is 11.6 Å². The lowest BCUT2D eigenvalue weighted by Gasteiger charge is -2.21. The van der Waals surface area contributed by atoms with Crippen LogP contribution in [0.25, 0.3) is 0 Å². The van der Waals surface area contributed by atoms with E-state index in [1.54, 1.807) is 12.1 Å². The largest absolute Gasteiger partial charge is 0.506 e. The summed E-state index contributed by atoms with van der Waals surface area (Å²) in [6, 6.07) is 6.33. The van der Waals surface area contributed by atoms with Gasteiger partial charge in [0.25, 0.3) is 0 Å². The number of aromatic hydroxyl groups is 1. The van der Waals surface area contributed by atoms with Gasteiger partial charge in [0.05, 0.1) is 5.02 Å². The van der Waals surface area contributed by atoms with Crippen molar-refractivity contribution in [1.29, 1.82) is 0 Å². The Morgan fingerprint density at radius 1 is 1.47 bits per heavy atom. The molecule has 1 atom stereocenters. The van der Waals surface area contributed by atoms with Crippen LogP contribution in [0.2, 0.25) is 5.02 Å². The number of nitrogens with one attached hydrogen (secondary N) is 1. The van der Waals surface area contributed by atoms with Crippen LogP contribution in [-0.2, 0) is 0 Å². The highest BCUT2D eigenvalue weighted by molar-refractivity contribution is 6.32. The first-order valence-corrected chi connectivity index (χ1v) is 6.43. The zero-order chi connectivity index (χ0) is 12.4. The first-order valence-electron chi connectivity index (χ1n) is 6.05. The quantitative estimate of drug-likeness (QED) is 0.815. The molecule has 17 heavy (non-hydrogen) atoms. The zero-order valence-electron chi connectivity index (χ0n) is 10.3. The first kappa shape index (κ1) is 12.5. The molecule has 1 aliphatic heterocycles. The van der Waals surface area contributed by atoms with Crippen LogP contribution in [0.3, 0.4) is 0 Å². The molecular formula is C13H19ClN2O. The fourth-order valence-corrected chi connectivity index (χ4v) is 2.39. The molecule has 3 nitrogen and oxygen atoms in total. The van der Waals surface area contributed by atoms with Crippen molar-refractivity contribution in [1.82, 2.24) is 4.90 Å². The van der Waals surface area contributed by atoms with Crippen molar-refractivity contribution in [2.45, 2.75) is 32.4 Å². The number of phenolic OH excluding ortho intramolecular Hbond substituents is 1. The van der Waals surface area contributed by atoms with Gasteiger partial charge >= 0.3 is 0 Å². The van der Waals surface area contributed by atoms with Crippen LogP contribution in [0.4, 0.5) is 5.69 Å². The van der Waals surface area contributed by atoms with Crippen LogP contribution in [0.1, 0.15) is 20.3 Å². The number of hydrogen-bond donors (Lipinski definition) is 2. The molecule has 0 bridgehead atoms. The third kappa shape index (κ3) is 3.05. The molecule has 0 radical (unpaired) electrons. The van der Waals surface area contributed by atoms with Gasteiger partial charge in [-0.15, -0.1) is 0 Å². The smallest absolute Gasteiger partial charge is 0.134 e. The number of benzene rings is 1. The van der Waals surface area contributed by atoms with E-state index >= 15 is 0 Å². The minimum Gasteiger partial charge on any atom is -0.506 e. The number of hydrogen-bond acceptors (Lipinski definition) is 3. The zero-order valence-corrected chi connectivity index (χ0v) is 11.0. The van der Waals surface area contributed by atoms with Gasteiger partial charge in [0.1, 0.15) is 5.75 Å². The second-order valence-corrected chi connectivity index (χ2v) is 5.29. The molecule has 2 rings (SSSR count). The van der Waals surface area contributed by atoms with Gasteiger partial charge < -0.3 is 10.4 Å². The molecule has 1 aromatic carbocycles. The van der Waals surface area contributed by atoms with Gasteiger partial charge in [-0.2, -0.15) is 0 Å². The first-order chi connectivity index (χ1) is 8.06. The van der Waals surface area contributed by atoms with Gasteiger partial charge in [-0.3, -0.25) is 4.90 Å². The van der Waals surface area contributed by atoms with E-state index in [0.29, 0.717) is 17.1 Å². The number of rotatable bonds is 3. The summed E-state index contributed by atoms with van der Waals surface area (Å²) in [5.74, 6) is 0.132. The van der Waals surface area contributed by atoms with E-state index in [4.69, 9.17) is 11.6 Å². The SMILES string of the molecule is CC(C)N1CCC(Nc2ccc(O)c(Cl)c2)C1. The summed E-state index contributed by atoms with van der Waals surface area (Å²) >= 11 is 5.88. The van der Waals surface area contributed by atoms with Crippen molar-refractivity contribution >= 4 is 17.3 Å². The summed E-state index contributed by atoms with van der Waals surface area (Å²) in [6.45, 7) is 6.65. The summed E-state index contributed by atoms with van der Waals surface area (Å²) in [4.78, 5) is 2.46. The molecular weight excluding hydrogens is 236 g/mol. The third-order valence-corrected chi connectivity index (χ3v) is 3.57. The van der Waals surface area contributed by atoms with Gasteiger partial charge in [0, 0.05) is 30.9 Å². The Kier molecular flexibility index (Phi) is 3.79. The van der Waals surface area contributed by atoms with E-state index in [9.17, 15) is 5.11 Å². The van der Waals surface area contributed by atoms with E-state index in [-0.39, 0.29) is 5.75 Å². The monoisotopic (exact) mass is 254 g/mol. The molecule has 1 unspecified atom stereocenters. The van der Waals surface area contributed by atoms with E-state index < -0.39 is 0 Å². The Morgan fingerprint density at radius 3 is 2.82 bits per heavy atom. The fraction of sp³-hybridized carbons (Fsp3) is 0.538. The summed E-state index contributed by atoms with van der Waals surface area (Å²) in [7, 11) is 0. The third-order valence-electron chi connectivity index (χ3n) is 3.27. The molecule has 0 spiro atoms. The molecule has 0 aliphatic carbocycles. The summed E-state index contributed by atoms with van der Waals surface area (Å²) in [6.07, 6.45) is 1.15. The molecule has 1 aromatic rings. The molecule has 94 valence electrons. The molecule has 1 fully saturated rings. The Bertz CT molecular complexity index is 395. The summed E-state index contributed by atoms with van der Waals surface area (Å²) < 4.78 is 0. The van der Waals surface area contributed by atoms with Crippen LogP contribution in [0.5, 0.6) is 5.75 Å². The predicted molar refractivity (Wildman–Crippen MR) is 71.9 cm³/mol. The molecule has 0 amide bonds. The molecule has 1 saturated heterocycles. The molecule has 1 heterocycles. The van der Waals surface area contributed by atoms with Crippen molar-refractivity contribution < 1.29 is 5.11 Å². The van der Waals surface area contributed by atoms with Crippen molar-refractivity contribution in [3.63, 3.8) is 0 Å². The van der Waals surface area contributed by atoms with E-state index in [1.165, 1.54) is 0 Å². The standard InChI is InChI=1S/C13H19ClN2O/c1-9(2)16-6-5-11(8-16)15-10-3-4-13(17)12(14)7-10/h3-4,7,9,11,15,17H,5-6,8H2,1-2H3. The Morgan fingerprint density at radius 2 is 2.24 bits per heavy atom. The Balaban J connectivity index is 1.96. The summed E-state index contributed by atoms with van der Waals surface area (Å²) in [5.41, 5.74) is 0.975. The van der Waals surface area contributed by atoms with E-state index in [0.717, 1.165) is 25.2 Å². The number of nitrogens with zero attached hydrogens (tertiary/aromatic N) is 1. The van der Waals surface area contributed by atoms with Gasteiger partial charge in [0.15, 0.2) is 0 Å². The lowest BCUT2D eigenvalue weighted by molar-refractivity contribution is 0.274. The van der Waals surface area contributed by atoms with Crippen molar-refractivity contribution in [3.05, 3.63) is 23.2 Å². The number of likely N-dealkylation sites (tertiary alicyclic amines) is 1. The highest BCUT2D eigenvalue weighted by Gasteiger charge is 2.23. The van der Waals surface area contributed by atoms with Crippen molar-refractivity contribution in [2.75, 3.05) is 18.4 Å². The van der Waals surface area contributed by atoms with Gasteiger partial charge in [-0.1, -0.05) is 11.6 Å². The maximum atomic E-state index is 9.35. The minimum absolute atomic E-state index is 0.132. The molecule has 0 aromatic heterocycles. The normalized spacial score (nSPS) is 21.1. The second kappa shape index (κ2) is 5.15. The fourth-order valence-electron chi connectivity index (χ4n) is 2.21. The molecule has 0 saturated carbocycles. The molecule has 2 N–H and O–H groups in total. The van der Waals surface area contributed by atoms with Crippen LogP contribution in [-0.4, -0.2) is 35.2 Å². The number of anilines is 1. The predicted octanol–water partition coefficient (Wildman–Crippen LogP) is 2.94. The summed E-state index contributed by atoms with van der Waals surface area (Å²) in [5, 5.41) is 13.2. The maximum Gasteiger partial charge on any atom is 0.134 e. The van der Waals surface area contributed by atoms with E-state index in [1.807, 2.05) is 6.07 Å². The van der Waals surface area contributed by atoms with Crippen molar-refractivity contribution in [2.24, 2.45) is 0 Å². The number of phenols is 1.